The van der Waals surface area contributed by atoms with Gasteiger partial charge in [-0.25, -0.2) is 18.4 Å². The average Bonchev–Trinajstić information content (AvgIpc) is 3.42. The minimum atomic E-state index is -1.34. The second-order valence-corrected chi connectivity index (χ2v) is 16.2. The molecule has 2 aromatic carbocycles. The molecule has 2 heterocycles. The Balaban J connectivity index is 1.30. The highest BCUT2D eigenvalue weighted by atomic mass is 33.2. The number of oxazole rings is 2. The summed E-state index contributed by atoms with van der Waals surface area (Å²) in [6.07, 6.45) is 4.58. The van der Waals surface area contributed by atoms with Gasteiger partial charge in [0, 0.05) is 17.9 Å². The monoisotopic (exact) mass is 568 g/mol. The van der Waals surface area contributed by atoms with Crippen molar-refractivity contribution in [2.24, 2.45) is 0 Å². The Kier molecular flexibility index (Phi) is 8.31. The number of halogens is 2. The van der Waals surface area contributed by atoms with Crippen molar-refractivity contribution in [2.45, 2.75) is 24.9 Å². The van der Waals surface area contributed by atoms with E-state index in [4.69, 9.17) is 8.83 Å². The molecule has 0 bridgehead atoms. The number of nitrogens with zero attached hydrogens (tertiary/aromatic N) is 2. The Labute approximate surface area is 220 Å². The number of carboxylic acids is 2. The quantitative estimate of drug-likeness (QED) is 0.158. The Morgan fingerprint density at radius 3 is 1.84 bits per heavy atom. The number of hydrogen-bond donors (Lipinski definition) is 4. The average molecular weight is 569 g/mol. The molecule has 0 aliphatic heterocycles. The highest BCUT2D eigenvalue weighted by Crippen LogP contribution is 2.54. The van der Waals surface area contributed by atoms with Crippen LogP contribution in [0, 0.1) is 11.6 Å². The van der Waals surface area contributed by atoms with E-state index in [-0.39, 0.29) is 35.9 Å². The summed E-state index contributed by atoms with van der Waals surface area (Å²) in [7, 11) is 0.244. The van der Waals surface area contributed by atoms with E-state index in [2.05, 4.69) is 20.6 Å². The van der Waals surface area contributed by atoms with Crippen molar-refractivity contribution in [3.63, 3.8) is 0 Å². The van der Waals surface area contributed by atoms with Crippen molar-refractivity contribution in [2.75, 3.05) is 34.7 Å². The van der Waals surface area contributed by atoms with E-state index in [9.17, 15) is 28.6 Å². The third kappa shape index (κ3) is 7.07. The molecular formula is C24H26F2N4O6S2. The van der Waals surface area contributed by atoms with Crippen LogP contribution in [-0.2, 0) is 9.59 Å². The third-order valence-corrected chi connectivity index (χ3v) is 10.8. The summed E-state index contributed by atoms with van der Waals surface area (Å²) in [5.41, 5.74) is 1.24. The van der Waals surface area contributed by atoms with Crippen LogP contribution in [-0.4, -0.2) is 68.2 Å². The van der Waals surface area contributed by atoms with Crippen LogP contribution in [0.3, 0.4) is 0 Å². The summed E-state index contributed by atoms with van der Waals surface area (Å²) in [5, 5.41) is 24.8. The first-order valence-electron chi connectivity index (χ1n) is 11.5. The summed E-state index contributed by atoms with van der Waals surface area (Å²) in [6.45, 7) is 0. The van der Waals surface area contributed by atoms with Gasteiger partial charge < -0.3 is 29.7 Å². The zero-order valence-electron chi connectivity index (χ0n) is 20.4. The van der Waals surface area contributed by atoms with Gasteiger partial charge in [0.05, 0.1) is 0 Å². The molecule has 4 N–H and O–H groups in total. The Morgan fingerprint density at radius 1 is 0.895 bits per heavy atom. The van der Waals surface area contributed by atoms with Gasteiger partial charge in [-0.2, -0.15) is 19.0 Å². The summed E-state index contributed by atoms with van der Waals surface area (Å²) >= 11 is 0. The van der Waals surface area contributed by atoms with Gasteiger partial charge >= 0.3 is 11.9 Å². The number of rotatable bonds is 13. The SMILES string of the molecule is CS(C)(CC[C@H](Nc1nc2cc(F)ccc2o1)C(=O)O)SCC[C@H](Nc1nc2cc(F)ccc2o1)C(=O)O. The standard InChI is InChI=1S/C24H26F2N4O6S2/c1-38(2,10-8-16(22(33)34)28-24-30-18-12-14(26)4-6-20(18)36-24)37-9-7-15(21(31)32)27-23-29-17-11-13(25)3-5-19(17)35-23/h3-6,11-12,15-16H,7-10H2,1-2H3,(H,27,29)(H,28,30)(H,31,32)(H,33,34)/t15-,16-/m0/s1. The number of carbonyl (C=O) groups is 2. The van der Waals surface area contributed by atoms with Gasteiger partial charge in [0.1, 0.15) is 34.8 Å². The fourth-order valence-corrected chi connectivity index (χ4v) is 7.58. The fourth-order valence-electron chi connectivity index (χ4n) is 3.59. The molecule has 2 atom stereocenters. The van der Waals surface area contributed by atoms with Crippen LogP contribution in [0.1, 0.15) is 12.8 Å². The van der Waals surface area contributed by atoms with Gasteiger partial charge in [0.15, 0.2) is 11.2 Å². The molecule has 0 radical (unpaired) electrons. The van der Waals surface area contributed by atoms with E-state index < -0.39 is 44.7 Å². The molecule has 0 unspecified atom stereocenters. The summed E-state index contributed by atoms with van der Waals surface area (Å²) in [5.74, 6) is -2.05. The summed E-state index contributed by atoms with van der Waals surface area (Å²) in [4.78, 5) is 31.8. The maximum absolute atomic E-state index is 13.4. The molecule has 0 spiro atoms. The molecule has 10 nitrogen and oxygen atoms in total. The van der Waals surface area contributed by atoms with E-state index in [0.717, 1.165) is 0 Å². The molecule has 4 rings (SSSR count). The van der Waals surface area contributed by atoms with Gasteiger partial charge in [-0.1, -0.05) is 0 Å². The molecule has 0 saturated heterocycles. The molecule has 38 heavy (non-hydrogen) atoms. The fraction of sp³-hybridized carbons (Fsp3) is 0.333. The van der Waals surface area contributed by atoms with Crippen molar-refractivity contribution in [3.05, 3.63) is 48.0 Å². The maximum Gasteiger partial charge on any atom is 0.326 e. The van der Waals surface area contributed by atoms with Crippen molar-refractivity contribution >= 4 is 66.0 Å². The van der Waals surface area contributed by atoms with Crippen LogP contribution in [0.25, 0.3) is 22.2 Å². The highest BCUT2D eigenvalue weighted by Gasteiger charge is 2.25. The number of aliphatic carboxylic acids is 2. The number of anilines is 2. The Bertz CT molecular complexity index is 1460. The highest BCUT2D eigenvalue weighted by molar-refractivity contribution is 8.93. The number of nitrogens with one attached hydrogen (secondary N) is 2. The lowest BCUT2D eigenvalue weighted by Gasteiger charge is -2.31. The van der Waals surface area contributed by atoms with Crippen molar-refractivity contribution in [1.82, 2.24) is 9.97 Å². The smallest absolute Gasteiger partial charge is 0.326 e. The first kappa shape index (κ1) is 27.5. The van der Waals surface area contributed by atoms with Crippen LogP contribution in [0.4, 0.5) is 20.8 Å². The van der Waals surface area contributed by atoms with E-state index in [0.29, 0.717) is 22.7 Å². The number of benzene rings is 2. The van der Waals surface area contributed by atoms with Crippen LogP contribution in [0.5, 0.6) is 0 Å². The Hall–Kier alpha value is -3.52. The zero-order valence-corrected chi connectivity index (χ0v) is 22.1. The number of fused-ring (bicyclic) bond motifs is 2. The minimum absolute atomic E-state index is 0.00392. The second-order valence-electron chi connectivity index (χ2n) is 8.87. The predicted molar refractivity (Wildman–Crippen MR) is 144 cm³/mol. The molecule has 2 aromatic heterocycles. The molecular weight excluding hydrogens is 542 g/mol. The lowest BCUT2D eigenvalue weighted by atomic mass is 10.2. The maximum atomic E-state index is 13.4. The minimum Gasteiger partial charge on any atom is -0.480 e. The molecule has 4 aromatic rings. The van der Waals surface area contributed by atoms with Gasteiger partial charge in [0.25, 0.3) is 12.0 Å². The molecule has 14 heteroatoms. The topological polar surface area (TPSA) is 151 Å². The number of hydrogen-bond acceptors (Lipinski definition) is 9. The van der Waals surface area contributed by atoms with E-state index in [1.54, 1.807) is 10.8 Å². The molecule has 0 fully saturated rings. The van der Waals surface area contributed by atoms with Crippen molar-refractivity contribution in [3.8, 4) is 0 Å². The summed E-state index contributed by atoms with van der Waals surface area (Å²) < 4.78 is 37.7. The molecule has 0 saturated carbocycles. The van der Waals surface area contributed by atoms with Gasteiger partial charge in [0.2, 0.25) is 0 Å². The van der Waals surface area contributed by atoms with E-state index >= 15 is 0 Å². The van der Waals surface area contributed by atoms with Crippen LogP contribution in [0.2, 0.25) is 0 Å². The van der Waals surface area contributed by atoms with Gasteiger partial charge in [-0.05, 0) is 55.4 Å². The predicted octanol–water partition coefficient (Wildman–Crippen LogP) is 5.17. The largest absolute Gasteiger partial charge is 0.480 e. The van der Waals surface area contributed by atoms with Crippen LogP contribution >= 0.6 is 19.9 Å². The molecule has 204 valence electrons. The molecule has 0 aliphatic carbocycles. The Morgan fingerprint density at radius 2 is 1.37 bits per heavy atom. The van der Waals surface area contributed by atoms with Gasteiger partial charge in [-0.15, -0.1) is 10.8 Å². The first-order valence-corrected chi connectivity index (χ1v) is 15.6. The first-order chi connectivity index (χ1) is 18.0. The lowest BCUT2D eigenvalue weighted by Crippen LogP contribution is -2.31. The van der Waals surface area contributed by atoms with Gasteiger partial charge in [-0.3, -0.25) is 0 Å². The van der Waals surface area contributed by atoms with Crippen molar-refractivity contribution in [1.29, 1.82) is 0 Å². The molecule has 0 aliphatic rings. The second kappa shape index (κ2) is 11.5. The zero-order chi connectivity index (χ0) is 27.4. The number of carboxylic acid groups (broad SMARTS) is 2. The van der Waals surface area contributed by atoms with Crippen LogP contribution in [0.15, 0.2) is 45.2 Å². The van der Waals surface area contributed by atoms with Crippen LogP contribution < -0.4 is 10.6 Å². The number of aromatic nitrogens is 2. The van der Waals surface area contributed by atoms with E-state index in [1.165, 1.54) is 36.4 Å². The molecule has 0 amide bonds. The summed E-state index contributed by atoms with van der Waals surface area (Å²) in [6, 6.07) is 5.74. The normalized spacial score (nSPS) is 13.9. The van der Waals surface area contributed by atoms with E-state index in [1.807, 2.05) is 12.5 Å². The van der Waals surface area contributed by atoms with Crippen molar-refractivity contribution < 1.29 is 37.4 Å². The lowest BCUT2D eigenvalue weighted by molar-refractivity contribution is -0.139. The third-order valence-electron chi connectivity index (χ3n) is 5.60.